The fraction of sp³-hybridized carbons (Fsp3) is 0.435. The van der Waals surface area contributed by atoms with Crippen molar-refractivity contribution in [2.24, 2.45) is 5.41 Å². The Labute approximate surface area is 186 Å². The lowest BCUT2D eigenvalue weighted by Crippen LogP contribution is -2.48. The lowest BCUT2D eigenvalue weighted by atomic mass is 9.73. The fourth-order valence-electron chi connectivity index (χ4n) is 4.19. The molecule has 1 amide bonds. The Morgan fingerprint density at radius 1 is 1.09 bits per heavy atom. The van der Waals surface area contributed by atoms with Crippen LogP contribution >= 0.6 is 0 Å². The minimum Gasteiger partial charge on any atom is -0.497 e. The van der Waals surface area contributed by atoms with Crippen molar-refractivity contribution in [1.29, 1.82) is 0 Å². The molecule has 9 nitrogen and oxygen atoms in total. The number of rotatable bonds is 7. The fourth-order valence-corrected chi connectivity index (χ4v) is 4.19. The predicted octanol–water partition coefficient (Wildman–Crippen LogP) is 2.09. The molecule has 32 heavy (non-hydrogen) atoms. The zero-order valence-corrected chi connectivity index (χ0v) is 18.4. The van der Waals surface area contributed by atoms with Gasteiger partial charge in [0.2, 0.25) is 5.91 Å². The van der Waals surface area contributed by atoms with E-state index in [2.05, 4.69) is 15.1 Å². The van der Waals surface area contributed by atoms with Crippen LogP contribution in [-0.4, -0.2) is 63.2 Å². The van der Waals surface area contributed by atoms with E-state index < -0.39 is 5.41 Å². The van der Waals surface area contributed by atoms with Crippen molar-refractivity contribution < 1.29 is 19.1 Å². The molecule has 0 unspecified atom stereocenters. The number of hydrogen-bond acceptors (Lipinski definition) is 7. The van der Waals surface area contributed by atoms with E-state index in [1.165, 1.54) is 6.33 Å². The summed E-state index contributed by atoms with van der Waals surface area (Å²) < 4.78 is 12.2. The van der Waals surface area contributed by atoms with Crippen LogP contribution in [0.3, 0.4) is 0 Å². The second kappa shape index (κ2) is 9.33. The highest BCUT2D eigenvalue weighted by Gasteiger charge is 2.43. The molecule has 0 saturated carbocycles. The van der Waals surface area contributed by atoms with Gasteiger partial charge in [-0.3, -0.25) is 9.59 Å². The van der Waals surface area contributed by atoms with Gasteiger partial charge in [-0.2, -0.15) is 10.1 Å². The summed E-state index contributed by atoms with van der Waals surface area (Å²) >= 11 is 0. The van der Waals surface area contributed by atoms with E-state index in [9.17, 15) is 9.59 Å². The molecular weight excluding hydrogens is 410 g/mol. The van der Waals surface area contributed by atoms with E-state index in [-0.39, 0.29) is 18.3 Å². The number of carbonyl (C=O) groups is 2. The van der Waals surface area contributed by atoms with Crippen LogP contribution in [0.5, 0.6) is 5.75 Å². The van der Waals surface area contributed by atoms with Gasteiger partial charge in [-0.05, 0) is 49.4 Å². The largest absolute Gasteiger partial charge is 0.497 e. The van der Waals surface area contributed by atoms with Crippen LogP contribution in [0.15, 0.2) is 43.0 Å². The number of piperidine rings is 1. The third-order valence-electron chi connectivity index (χ3n) is 6.03. The van der Waals surface area contributed by atoms with Gasteiger partial charge in [-0.15, -0.1) is 0 Å². The molecular formula is C23H27N5O4. The third kappa shape index (κ3) is 4.56. The third-order valence-corrected chi connectivity index (χ3v) is 6.03. The van der Waals surface area contributed by atoms with Crippen molar-refractivity contribution in [3.63, 3.8) is 0 Å². The van der Waals surface area contributed by atoms with Gasteiger partial charge in [0.25, 0.3) is 5.78 Å². The summed E-state index contributed by atoms with van der Waals surface area (Å²) in [7, 11) is 1.63. The smallest absolute Gasteiger partial charge is 0.312 e. The molecule has 1 saturated heterocycles. The SMILES string of the molecule is CCOC(=O)C1(Cc2ccc(OC)cc2)CCN(C(=O)Cc2cnc3ncnn3c2)CC1. The number of aromatic nitrogens is 4. The Morgan fingerprint density at radius 3 is 2.53 bits per heavy atom. The number of nitrogens with zero attached hydrogens (tertiary/aromatic N) is 5. The first kappa shape index (κ1) is 21.7. The number of methoxy groups -OCH3 is 1. The highest BCUT2D eigenvalue weighted by molar-refractivity contribution is 5.80. The van der Waals surface area contributed by atoms with Crippen LogP contribution in [0.25, 0.3) is 5.78 Å². The lowest BCUT2D eigenvalue weighted by Gasteiger charge is -2.40. The van der Waals surface area contributed by atoms with E-state index in [0.29, 0.717) is 44.7 Å². The number of esters is 1. The Hall–Kier alpha value is -3.49. The quantitative estimate of drug-likeness (QED) is 0.522. The number of likely N-dealkylation sites (tertiary alicyclic amines) is 1. The molecule has 4 rings (SSSR count). The average Bonchev–Trinajstić information content (AvgIpc) is 3.28. The summed E-state index contributed by atoms with van der Waals surface area (Å²) in [4.78, 5) is 35.9. The molecule has 1 fully saturated rings. The zero-order valence-electron chi connectivity index (χ0n) is 18.4. The summed E-state index contributed by atoms with van der Waals surface area (Å²) in [5.74, 6) is 1.09. The summed E-state index contributed by atoms with van der Waals surface area (Å²) in [5.41, 5.74) is 1.18. The normalized spacial score (nSPS) is 15.5. The molecule has 0 bridgehead atoms. The maximum Gasteiger partial charge on any atom is 0.312 e. The monoisotopic (exact) mass is 437 g/mol. The highest BCUT2D eigenvalue weighted by atomic mass is 16.5. The van der Waals surface area contributed by atoms with Crippen LogP contribution < -0.4 is 4.74 Å². The zero-order chi connectivity index (χ0) is 22.6. The number of carbonyl (C=O) groups excluding carboxylic acids is 2. The molecule has 1 aromatic carbocycles. The van der Waals surface area contributed by atoms with Crippen molar-refractivity contribution in [3.8, 4) is 5.75 Å². The highest BCUT2D eigenvalue weighted by Crippen LogP contribution is 2.37. The molecule has 0 spiro atoms. The van der Waals surface area contributed by atoms with Crippen LogP contribution in [0.2, 0.25) is 0 Å². The molecule has 1 aliphatic heterocycles. The second-order valence-corrected chi connectivity index (χ2v) is 8.05. The van der Waals surface area contributed by atoms with E-state index in [1.807, 2.05) is 36.1 Å². The first-order valence-corrected chi connectivity index (χ1v) is 10.8. The summed E-state index contributed by atoms with van der Waals surface area (Å²) in [6.45, 7) is 3.17. The molecule has 2 aromatic heterocycles. The Balaban J connectivity index is 1.43. The van der Waals surface area contributed by atoms with Crippen LogP contribution in [-0.2, 0) is 27.2 Å². The van der Waals surface area contributed by atoms with Crippen LogP contribution in [0.1, 0.15) is 30.9 Å². The van der Waals surface area contributed by atoms with Gasteiger partial charge >= 0.3 is 5.97 Å². The van der Waals surface area contributed by atoms with Gasteiger partial charge in [-0.1, -0.05) is 12.1 Å². The van der Waals surface area contributed by atoms with Gasteiger partial charge in [0.05, 0.1) is 25.6 Å². The van der Waals surface area contributed by atoms with Crippen molar-refractivity contribution in [2.45, 2.75) is 32.6 Å². The molecule has 0 atom stereocenters. The van der Waals surface area contributed by atoms with Crippen LogP contribution in [0, 0.1) is 5.41 Å². The predicted molar refractivity (Wildman–Crippen MR) is 116 cm³/mol. The first-order chi connectivity index (χ1) is 15.5. The van der Waals surface area contributed by atoms with Crippen LogP contribution in [0.4, 0.5) is 0 Å². The number of fused-ring (bicyclic) bond motifs is 1. The number of amides is 1. The van der Waals surface area contributed by atoms with E-state index in [0.717, 1.165) is 16.9 Å². The molecule has 168 valence electrons. The Bertz CT molecular complexity index is 1090. The van der Waals surface area contributed by atoms with Gasteiger partial charge in [-0.25, -0.2) is 9.50 Å². The maximum absolute atomic E-state index is 12.9. The summed E-state index contributed by atoms with van der Waals surface area (Å²) in [6, 6.07) is 7.74. The van der Waals surface area contributed by atoms with Gasteiger partial charge in [0.1, 0.15) is 12.1 Å². The van der Waals surface area contributed by atoms with E-state index in [4.69, 9.17) is 9.47 Å². The van der Waals surface area contributed by atoms with Gasteiger partial charge in [0, 0.05) is 25.5 Å². The molecule has 1 aliphatic rings. The Kier molecular flexibility index (Phi) is 6.34. The van der Waals surface area contributed by atoms with E-state index in [1.54, 1.807) is 24.0 Å². The summed E-state index contributed by atoms with van der Waals surface area (Å²) in [6.07, 6.45) is 6.77. The topological polar surface area (TPSA) is 98.9 Å². The van der Waals surface area contributed by atoms with Gasteiger partial charge < -0.3 is 14.4 Å². The molecule has 0 aliphatic carbocycles. The first-order valence-electron chi connectivity index (χ1n) is 10.8. The molecule has 3 heterocycles. The standard InChI is InChI=1S/C23H27N5O4/c1-3-32-21(30)23(13-17-4-6-19(31-2)7-5-17)8-10-27(11-9-23)20(29)12-18-14-24-22-25-16-26-28(22)15-18/h4-7,14-16H,3,8-13H2,1-2H3. The minimum absolute atomic E-state index is 0.00757. The second-order valence-electron chi connectivity index (χ2n) is 8.05. The van der Waals surface area contributed by atoms with Crippen molar-refractivity contribution in [2.75, 3.05) is 26.8 Å². The molecule has 0 N–H and O–H groups in total. The molecule has 3 aromatic rings. The molecule has 0 radical (unpaired) electrons. The van der Waals surface area contributed by atoms with Crippen molar-refractivity contribution in [3.05, 3.63) is 54.1 Å². The van der Waals surface area contributed by atoms with Gasteiger partial charge in [0.15, 0.2) is 0 Å². The summed E-state index contributed by atoms with van der Waals surface area (Å²) in [5, 5.41) is 4.06. The van der Waals surface area contributed by atoms with E-state index >= 15 is 0 Å². The number of benzene rings is 1. The van der Waals surface area contributed by atoms with Crippen molar-refractivity contribution >= 4 is 17.7 Å². The lowest BCUT2D eigenvalue weighted by molar-refractivity contribution is -0.160. The Morgan fingerprint density at radius 2 is 1.84 bits per heavy atom. The number of ether oxygens (including phenoxy) is 2. The number of hydrogen-bond donors (Lipinski definition) is 0. The van der Waals surface area contributed by atoms with Crippen molar-refractivity contribution in [1.82, 2.24) is 24.5 Å². The molecule has 9 heteroatoms. The minimum atomic E-state index is -0.636. The maximum atomic E-state index is 12.9. The average molecular weight is 438 g/mol.